The molecule has 0 amide bonds. The number of fused-ring (bicyclic) bond motifs is 5. The van der Waals surface area contributed by atoms with Gasteiger partial charge in [-0.2, -0.15) is 0 Å². The van der Waals surface area contributed by atoms with Crippen LogP contribution in [0.25, 0.3) is 0 Å². The second-order valence-corrected chi connectivity index (χ2v) is 10.1. The van der Waals surface area contributed by atoms with Crippen molar-refractivity contribution in [2.75, 3.05) is 6.54 Å². The third kappa shape index (κ3) is 2.59. The molecule has 1 unspecified atom stereocenters. The lowest BCUT2D eigenvalue weighted by atomic mass is 9.45. The van der Waals surface area contributed by atoms with Crippen molar-refractivity contribution in [2.24, 2.45) is 46.7 Å². The molecule has 4 saturated carbocycles. The molecule has 2 heteroatoms. The Balaban J connectivity index is 1.55. The summed E-state index contributed by atoms with van der Waals surface area (Å²) in [5, 5.41) is 10.5. The zero-order chi connectivity index (χ0) is 16.2. The standard InChI is InChI=1S/C21H37NO/c1-20(23)10-8-16-14(12-20)6-7-18-17(16)9-11-21(2)15(13-22)4-3-5-19(18)21/h14-19,23H,3-13,22H2,1-2H3/t14?,15-,16+,17-,18-,19+,20-,21-/m1/s1. The third-order valence-electron chi connectivity index (χ3n) is 8.96. The average Bonchev–Trinajstić information content (AvgIpc) is 2.52. The van der Waals surface area contributed by atoms with Gasteiger partial charge < -0.3 is 10.8 Å². The zero-order valence-electron chi connectivity index (χ0n) is 15.3. The van der Waals surface area contributed by atoms with Gasteiger partial charge in [0.1, 0.15) is 0 Å². The van der Waals surface area contributed by atoms with Crippen LogP contribution in [0.4, 0.5) is 0 Å². The molecule has 132 valence electrons. The molecule has 4 aliphatic carbocycles. The smallest absolute Gasteiger partial charge is 0.0622 e. The van der Waals surface area contributed by atoms with Gasteiger partial charge in [-0.15, -0.1) is 0 Å². The van der Waals surface area contributed by atoms with Gasteiger partial charge in [0.2, 0.25) is 0 Å². The zero-order valence-corrected chi connectivity index (χ0v) is 15.3. The van der Waals surface area contributed by atoms with E-state index in [-0.39, 0.29) is 5.60 Å². The normalized spacial score (nSPS) is 56.3. The summed E-state index contributed by atoms with van der Waals surface area (Å²) in [5.41, 5.74) is 6.32. The van der Waals surface area contributed by atoms with Crippen LogP contribution >= 0.6 is 0 Å². The molecular formula is C21H37NO. The Bertz CT molecular complexity index is 447. The van der Waals surface area contributed by atoms with Gasteiger partial charge in [0, 0.05) is 0 Å². The van der Waals surface area contributed by atoms with Crippen LogP contribution in [0.15, 0.2) is 0 Å². The Morgan fingerprint density at radius 2 is 1.70 bits per heavy atom. The van der Waals surface area contributed by atoms with E-state index in [9.17, 15) is 5.11 Å². The molecule has 0 aliphatic heterocycles. The first-order valence-electron chi connectivity index (χ1n) is 10.4. The van der Waals surface area contributed by atoms with Crippen molar-refractivity contribution in [3.8, 4) is 0 Å². The Hall–Kier alpha value is -0.0800. The Morgan fingerprint density at radius 3 is 2.48 bits per heavy atom. The summed E-state index contributed by atoms with van der Waals surface area (Å²) in [6, 6.07) is 0. The van der Waals surface area contributed by atoms with Gasteiger partial charge in [-0.3, -0.25) is 0 Å². The number of hydrogen-bond acceptors (Lipinski definition) is 2. The van der Waals surface area contributed by atoms with Crippen LogP contribution < -0.4 is 5.73 Å². The van der Waals surface area contributed by atoms with Crippen LogP contribution in [0.5, 0.6) is 0 Å². The van der Waals surface area contributed by atoms with Crippen LogP contribution in [-0.4, -0.2) is 17.3 Å². The molecule has 0 aromatic carbocycles. The maximum absolute atomic E-state index is 10.5. The second kappa shape index (κ2) is 5.73. The summed E-state index contributed by atoms with van der Waals surface area (Å²) < 4.78 is 0. The van der Waals surface area contributed by atoms with Gasteiger partial charge >= 0.3 is 0 Å². The highest BCUT2D eigenvalue weighted by atomic mass is 16.3. The molecule has 0 heterocycles. The summed E-state index contributed by atoms with van der Waals surface area (Å²) >= 11 is 0. The number of aliphatic hydroxyl groups is 1. The molecule has 3 N–H and O–H groups in total. The van der Waals surface area contributed by atoms with Gasteiger partial charge in [-0.1, -0.05) is 13.3 Å². The largest absolute Gasteiger partial charge is 0.390 e. The first kappa shape index (κ1) is 16.4. The van der Waals surface area contributed by atoms with Gasteiger partial charge in [0.25, 0.3) is 0 Å². The summed E-state index contributed by atoms with van der Waals surface area (Å²) in [6.45, 7) is 5.56. The highest BCUT2D eigenvalue weighted by Crippen LogP contribution is 2.63. The minimum atomic E-state index is -0.382. The van der Waals surface area contributed by atoms with E-state index in [0.29, 0.717) is 5.41 Å². The molecular weight excluding hydrogens is 282 g/mol. The molecule has 0 bridgehead atoms. The van der Waals surface area contributed by atoms with E-state index in [1.807, 2.05) is 0 Å². The lowest BCUT2D eigenvalue weighted by molar-refractivity contribution is -0.125. The lowest BCUT2D eigenvalue weighted by Crippen LogP contribution is -2.54. The van der Waals surface area contributed by atoms with Crippen molar-refractivity contribution < 1.29 is 5.11 Å². The molecule has 2 nitrogen and oxygen atoms in total. The quantitative estimate of drug-likeness (QED) is 0.754. The fourth-order valence-electron chi connectivity index (χ4n) is 7.78. The summed E-state index contributed by atoms with van der Waals surface area (Å²) in [5.74, 6) is 5.35. The van der Waals surface area contributed by atoms with Crippen molar-refractivity contribution in [3.63, 3.8) is 0 Å². The van der Waals surface area contributed by atoms with Crippen LogP contribution in [0, 0.1) is 40.9 Å². The van der Waals surface area contributed by atoms with E-state index < -0.39 is 0 Å². The first-order chi connectivity index (χ1) is 10.9. The fourth-order valence-corrected chi connectivity index (χ4v) is 7.78. The first-order valence-corrected chi connectivity index (χ1v) is 10.4. The summed E-state index contributed by atoms with van der Waals surface area (Å²) in [4.78, 5) is 0. The molecule has 0 aromatic rings. The maximum atomic E-state index is 10.5. The second-order valence-electron chi connectivity index (χ2n) is 10.1. The predicted octanol–water partition coefficient (Wildman–Crippen LogP) is 4.36. The van der Waals surface area contributed by atoms with E-state index >= 15 is 0 Å². The monoisotopic (exact) mass is 319 g/mol. The molecule has 0 saturated heterocycles. The van der Waals surface area contributed by atoms with E-state index in [2.05, 4.69) is 13.8 Å². The fraction of sp³-hybridized carbons (Fsp3) is 1.00. The number of nitrogens with two attached hydrogens (primary N) is 1. The summed E-state index contributed by atoms with van der Waals surface area (Å²) in [6.07, 6.45) is 13.3. The molecule has 0 aromatic heterocycles. The van der Waals surface area contributed by atoms with Crippen molar-refractivity contribution >= 4 is 0 Å². The average molecular weight is 320 g/mol. The van der Waals surface area contributed by atoms with Crippen LogP contribution in [0.1, 0.15) is 78.1 Å². The van der Waals surface area contributed by atoms with E-state index in [1.165, 1.54) is 51.4 Å². The third-order valence-corrected chi connectivity index (χ3v) is 8.96. The Kier molecular flexibility index (Phi) is 4.08. The van der Waals surface area contributed by atoms with Crippen LogP contribution in [0.3, 0.4) is 0 Å². The van der Waals surface area contributed by atoms with E-state index in [4.69, 9.17) is 5.73 Å². The molecule has 0 radical (unpaired) electrons. The van der Waals surface area contributed by atoms with Crippen molar-refractivity contribution in [2.45, 2.75) is 83.7 Å². The summed E-state index contributed by atoms with van der Waals surface area (Å²) in [7, 11) is 0. The topological polar surface area (TPSA) is 46.2 Å². The van der Waals surface area contributed by atoms with E-state index in [0.717, 1.165) is 54.9 Å². The highest BCUT2D eigenvalue weighted by Gasteiger charge is 2.55. The van der Waals surface area contributed by atoms with Crippen molar-refractivity contribution in [1.29, 1.82) is 0 Å². The minimum absolute atomic E-state index is 0.382. The van der Waals surface area contributed by atoms with Crippen molar-refractivity contribution in [3.05, 3.63) is 0 Å². The lowest BCUT2D eigenvalue weighted by Gasteiger charge is -2.61. The highest BCUT2D eigenvalue weighted by molar-refractivity contribution is 5.05. The van der Waals surface area contributed by atoms with Gasteiger partial charge in [0.05, 0.1) is 5.60 Å². The molecule has 23 heavy (non-hydrogen) atoms. The molecule has 4 fully saturated rings. The Morgan fingerprint density at radius 1 is 0.913 bits per heavy atom. The van der Waals surface area contributed by atoms with Gasteiger partial charge in [0.15, 0.2) is 0 Å². The number of rotatable bonds is 1. The number of hydrogen-bond donors (Lipinski definition) is 2. The predicted molar refractivity (Wildman–Crippen MR) is 94.9 cm³/mol. The van der Waals surface area contributed by atoms with Crippen LogP contribution in [-0.2, 0) is 0 Å². The molecule has 4 rings (SSSR count). The van der Waals surface area contributed by atoms with Crippen molar-refractivity contribution in [1.82, 2.24) is 0 Å². The van der Waals surface area contributed by atoms with Gasteiger partial charge in [-0.05, 0) is 112 Å². The minimum Gasteiger partial charge on any atom is -0.390 e. The van der Waals surface area contributed by atoms with E-state index in [1.54, 1.807) is 0 Å². The maximum Gasteiger partial charge on any atom is 0.0622 e. The molecule has 8 atom stereocenters. The Labute approximate surface area is 142 Å². The SMILES string of the molecule is C[C@@]1(O)CC[C@H]2C(CC[C@@H]3[C@@H]2CC[C@]2(C)[C@@H](CN)CCC[C@@H]32)C1. The van der Waals surface area contributed by atoms with Gasteiger partial charge in [-0.25, -0.2) is 0 Å². The molecule has 0 spiro atoms. The molecule has 4 aliphatic rings. The van der Waals surface area contributed by atoms with Crippen LogP contribution in [0.2, 0.25) is 0 Å².